The van der Waals surface area contributed by atoms with E-state index in [1.807, 2.05) is 30.3 Å². The van der Waals surface area contributed by atoms with Crippen LogP contribution in [0.2, 0.25) is 0 Å². The van der Waals surface area contributed by atoms with Gasteiger partial charge in [-0.2, -0.15) is 0 Å². The molecule has 7 heteroatoms. The molecule has 0 bridgehead atoms. The summed E-state index contributed by atoms with van der Waals surface area (Å²) in [6, 6.07) is 15.3. The van der Waals surface area contributed by atoms with Crippen LogP contribution in [-0.2, 0) is 6.61 Å². The smallest absolute Gasteiger partial charge is 0.270 e. The zero-order chi connectivity index (χ0) is 21.8. The molecule has 0 spiro atoms. The predicted octanol–water partition coefficient (Wildman–Crippen LogP) is 5.49. The summed E-state index contributed by atoms with van der Waals surface area (Å²) in [6.45, 7) is 4.92. The number of nitrogens with zero attached hydrogens (tertiary/aromatic N) is 1. The molecule has 0 aliphatic heterocycles. The topological polar surface area (TPSA) is 98.9 Å². The van der Waals surface area contributed by atoms with Gasteiger partial charge in [0.25, 0.3) is 5.69 Å². The van der Waals surface area contributed by atoms with Crippen LogP contribution in [0.4, 0.5) is 5.69 Å². The van der Waals surface area contributed by atoms with Crippen molar-refractivity contribution >= 4 is 11.5 Å². The number of rotatable bonds is 7. The highest BCUT2D eigenvalue weighted by atomic mass is 16.6. The second-order valence-electron chi connectivity index (χ2n) is 6.88. The molecule has 154 valence electrons. The van der Waals surface area contributed by atoms with Crippen LogP contribution in [0.5, 0.6) is 23.0 Å². The van der Waals surface area contributed by atoms with Gasteiger partial charge in [-0.25, -0.2) is 0 Å². The van der Waals surface area contributed by atoms with Gasteiger partial charge in [-0.05, 0) is 49.6 Å². The highest BCUT2D eigenvalue weighted by molar-refractivity contribution is 6.00. The first-order valence-electron chi connectivity index (χ1n) is 9.25. The number of hydrogen-bond acceptors (Lipinski definition) is 6. The first-order chi connectivity index (χ1) is 14.3. The standard InChI is InChI=1S/C23H21NO6/c1-14-11-18(24(27)28)12-15(2)23(14)30-20-10-9-19(21(16(3)25)22(20)26)29-13-17-7-5-4-6-8-17/h4-12,26H,13H2,1-3H3. The summed E-state index contributed by atoms with van der Waals surface area (Å²) >= 11 is 0. The highest BCUT2D eigenvalue weighted by Crippen LogP contribution is 2.41. The van der Waals surface area contributed by atoms with Gasteiger partial charge in [-0.15, -0.1) is 0 Å². The fourth-order valence-corrected chi connectivity index (χ4v) is 3.14. The van der Waals surface area contributed by atoms with Gasteiger partial charge in [-0.1, -0.05) is 30.3 Å². The summed E-state index contributed by atoms with van der Waals surface area (Å²) in [5.74, 6) is -0.0348. The molecule has 3 rings (SSSR count). The first kappa shape index (κ1) is 20.9. The third-order valence-electron chi connectivity index (χ3n) is 4.56. The first-order valence-corrected chi connectivity index (χ1v) is 9.25. The van der Waals surface area contributed by atoms with Crippen molar-refractivity contribution < 1.29 is 24.3 Å². The Morgan fingerprint density at radius 2 is 1.63 bits per heavy atom. The molecule has 7 nitrogen and oxygen atoms in total. The average Bonchev–Trinajstić information content (AvgIpc) is 2.70. The third-order valence-corrected chi connectivity index (χ3v) is 4.56. The molecule has 0 aromatic heterocycles. The van der Waals surface area contributed by atoms with Crippen molar-refractivity contribution in [2.24, 2.45) is 0 Å². The zero-order valence-electron chi connectivity index (χ0n) is 16.8. The van der Waals surface area contributed by atoms with Crippen molar-refractivity contribution in [3.05, 3.63) is 87.0 Å². The number of carbonyl (C=O) groups is 1. The lowest BCUT2D eigenvalue weighted by Gasteiger charge is -2.16. The van der Waals surface area contributed by atoms with E-state index in [2.05, 4.69) is 0 Å². The molecule has 0 aliphatic carbocycles. The molecule has 1 N–H and O–H groups in total. The molecular weight excluding hydrogens is 386 g/mol. The van der Waals surface area contributed by atoms with E-state index in [1.165, 1.54) is 25.1 Å². The molecule has 0 unspecified atom stereocenters. The van der Waals surface area contributed by atoms with Crippen molar-refractivity contribution in [3.63, 3.8) is 0 Å². The number of nitro groups is 1. The van der Waals surface area contributed by atoms with Crippen LogP contribution in [0.1, 0.15) is 34.0 Å². The molecule has 0 aliphatic rings. The van der Waals surface area contributed by atoms with Gasteiger partial charge in [0.2, 0.25) is 0 Å². The number of aryl methyl sites for hydroxylation is 2. The number of hydrogen-bond donors (Lipinski definition) is 1. The minimum absolute atomic E-state index is 0.0145. The van der Waals surface area contributed by atoms with Crippen LogP contribution in [0.15, 0.2) is 54.6 Å². The quantitative estimate of drug-likeness (QED) is 0.316. The molecule has 3 aromatic rings. The number of Topliss-reactive ketones (excluding diaryl/α,β-unsaturated/α-hetero) is 1. The lowest BCUT2D eigenvalue weighted by molar-refractivity contribution is -0.385. The Hall–Kier alpha value is -3.87. The number of phenolic OH excluding ortho intramolecular Hbond substituents is 1. The maximum atomic E-state index is 12.2. The fraction of sp³-hybridized carbons (Fsp3) is 0.174. The summed E-state index contributed by atoms with van der Waals surface area (Å²) in [5, 5.41) is 21.7. The molecule has 0 radical (unpaired) electrons. The van der Waals surface area contributed by atoms with Gasteiger partial charge in [0, 0.05) is 12.1 Å². The Morgan fingerprint density at radius 1 is 1.03 bits per heavy atom. The Labute approximate surface area is 173 Å². The van der Waals surface area contributed by atoms with Crippen LogP contribution in [0.25, 0.3) is 0 Å². The molecule has 0 saturated heterocycles. The molecule has 0 atom stereocenters. The Morgan fingerprint density at radius 3 is 2.20 bits per heavy atom. The van der Waals surface area contributed by atoms with Crippen molar-refractivity contribution in [2.75, 3.05) is 0 Å². The van der Waals surface area contributed by atoms with Crippen LogP contribution < -0.4 is 9.47 Å². The lowest BCUT2D eigenvalue weighted by atomic mass is 10.1. The summed E-state index contributed by atoms with van der Waals surface area (Å²) < 4.78 is 11.6. The van der Waals surface area contributed by atoms with E-state index in [4.69, 9.17) is 9.47 Å². The van der Waals surface area contributed by atoms with Crippen molar-refractivity contribution in [1.29, 1.82) is 0 Å². The van der Waals surface area contributed by atoms with Gasteiger partial charge in [-0.3, -0.25) is 14.9 Å². The summed E-state index contributed by atoms with van der Waals surface area (Å²) in [4.78, 5) is 22.7. The maximum Gasteiger partial charge on any atom is 0.270 e. The van der Waals surface area contributed by atoms with Crippen LogP contribution in [0.3, 0.4) is 0 Å². The molecule has 0 saturated carbocycles. The van der Waals surface area contributed by atoms with E-state index in [1.54, 1.807) is 19.9 Å². The average molecular weight is 407 g/mol. The number of phenols is 1. The zero-order valence-corrected chi connectivity index (χ0v) is 16.8. The second kappa shape index (κ2) is 8.65. The van der Waals surface area contributed by atoms with E-state index in [0.29, 0.717) is 16.9 Å². The van der Waals surface area contributed by atoms with E-state index in [-0.39, 0.29) is 40.9 Å². The number of benzene rings is 3. The minimum Gasteiger partial charge on any atom is -0.504 e. The summed E-state index contributed by atoms with van der Waals surface area (Å²) in [7, 11) is 0. The van der Waals surface area contributed by atoms with Gasteiger partial charge in [0.05, 0.1) is 4.92 Å². The van der Waals surface area contributed by atoms with Crippen LogP contribution in [-0.4, -0.2) is 15.8 Å². The Balaban J connectivity index is 1.93. The molecule has 0 amide bonds. The molecular formula is C23H21NO6. The third kappa shape index (κ3) is 4.41. The summed E-state index contributed by atoms with van der Waals surface area (Å²) in [5.41, 5.74) is 1.96. The molecule has 0 heterocycles. The second-order valence-corrected chi connectivity index (χ2v) is 6.88. The number of ketones is 1. The fourth-order valence-electron chi connectivity index (χ4n) is 3.14. The largest absolute Gasteiger partial charge is 0.504 e. The predicted molar refractivity (Wildman–Crippen MR) is 112 cm³/mol. The van der Waals surface area contributed by atoms with Crippen molar-refractivity contribution in [3.8, 4) is 23.0 Å². The van der Waals surface area contributed by atoms with Gasteiger partial charge < -0.3 is 14.6 Å². The number of non-ortho nitro benzene ring substituents is 1. The van der Waals surface area contributed by atoms with Crippen molar-refractivity contribution in [2.45, 2.75) is 27.4 Å². The maximum absolute atomic E-state index is 12.2. The molecule has 30 heavy (non-hydrogen) atoms. The van der Waals surface area contributed by atoms with Gasteiger partial charge >= 0.3 is 0 Å². The van der Waals surface area contributed by atoms with Gasteiger partial charge in [0.15, 0.2) is 17.3 Å². The normalized spacial score (nSPS) is 10.5. The monoisotopic (exact) mass is 407 g/mol. The number of ether oxygens (including phenoxy) is 2. The Bertz CT molecular complexity index is 1090. The van der Waals surface area contributed by atoms with E-state index < -0.39 is 4.92 Å². The van der Waals surface area contributed by atoms with E-state index in [0.717, 1.165) is 5.56 Å². The van der Waals surface area contributed by atoms with Gasteiger partial charge in [0.1, 0.15) is 23.7 Å². The van der Waals surface area contributed by atoms with E-state index >= 15 is 0 Å². The lowest BCUT2D eigenvalue weighted by Crippen LogP contribution is -2.03. The Kier molecular flexibility index (Phi) is 6.01. The minimum atomic E-state index is -0.478. The summed E-state index contributed by atoms with van der Waals surface area (Å²) in [6.07, 6.45) is 0. The van der Waals surface area contributed by atoms with Crippen LogP contribution in [0, 0.1) is 24.0 Å². The molecule has 3 aromatic carbocycles. The van der Waals surface area contributed by atoms with E-state index in [9.17, 15) is 20.0 Å². The van der Waals surface area contributed by atoms with Crippen molar-refractivity contribution in [1.82, 2.24) is 0 Å². The highest BCUT2D eigenvalue weighted by Gasteiger charge is 2.21. The number of carbonyl (C=O) groups excluding carboxylic acids is 1. The van der Waals surface area contributed by atoms with Crippen LogP contribution >= 0.6 is 0 Å². The number of nitro benzene ring substituents is 1. The number of aromatic hydroxyl groups is 1. The SMILES string of the molecule is CC(=O)c1c(OCc2ccccc2)ccc(Oc2c(C)cc([N+](=O)[O-])cc2C)c1O. The molecule has 0 fully saturated rings.